The van der Waals surface area contributed by atoms with E-state index in [-0.39, 0.29) is 6.61 Å². The third-order valence-corrected chi connectivity index (χ3v) is 2.89. The van der Waals surface area contributed by atoms with Gasteiger partial charge in [0.2, 0.25) is 0 Å². The fraction of sp³-hybridized carbons (Fsp3) is 0.500. The van der Waals surface area contributed by atoms with Gasteiger partial charge in [0.05, 0.1) is 3.79 Å². The van der Waals surface area contributed by atoms with E-state index in [0.717, 1.165) is 10.2 Å². The van der Waals surface area contributed by atoms with Gasteiger partial charge in [-0.15, -0.1) is 11.3 Å². The van der Waals surface area contributed by atoms with Gasteiger partial charge in [0, 0.05) is 6.61 Å². The van der Waals surface area contributed by atoms with Crippen molar-refractivity contribution in [1.82, 2.24) is 0 Å². The number of hydrogen-bond acceptors (Lipinski definition) is 2. The Morgan fingerprint density at radius 1 is 1.55 bits per heavy atom. The van der Waals surface area contributed by atoms with Gasteiger partial charge in [-0.05, 0) is 39.4 Å². The summed E-state index contributed by atoms with van der Waals surface area (Å²) < 4.78 is 1.14. The summed E-state index contributed by atoms with van der Waals surface area (Å²) in [5.41, 5.74) is 1.20. The topological polar surface area (TPSA) is 20.2 Å². The van der Waals surface area contributed by atoms with Crippen LogP contribution in [0.5, 0.6) is 0 Å². The summed E-state index contributed by atoms with van der Waals surface area (Å²) in [4.78, 5) is 0. The Kier molecular flexibility index (Phi) is 6.91. The van der Waals surface area contributed by atoms with Crippen LogP contribution in [0.4, 0.5) is 0 Å². The van der Waals surface area contributed by atoms with Crippen LogP contribution in [0.3, 0.4) is 0 Å². The van der Waals surface area contributed by atoms with Gasteiger partial charge in [0.25, 0.3) is 0 Å². The Bertz CT molecular complexity index is 186. The van der Waals surface area contributed by atoms with E-state index in [1.165, 1.54) is 5.56 Å². The Labute approximate surface area is 80.2 Å². The summed E-state index contributed by atoms with van der Waals surface area (Å²) in [6.45, 7) is 4.23. The van der Waals surface area contributed by atoms with Gasteiger partial charge in [-0.3, -0.25) is 0 Å². The fourth-order valence-corrected chi connectivity index (χ4v) is 1.95. The van der Waals surface area contributed by atoms with Crippen molar-refractivity contribution in [3.05, 3.63) is 20.8 Å². The Balaban J connectivity index is 0.000000461. The van der Waals surface area contributed by atoms with E-state index in [0.29, 0.717) is 0 Å². The van der Waals surface area contributed by atoms with Crippen LogP contribution in [0.1, 0.15) is 19.4 Å². The maximum atomic E-state index is 8.55. The molecular formula is C8H13BrOS. The third-order valence-electron chi connectivity index (χ3n) is 1.07. The number of aliphatic hydroxyl groups excluding tert-OH is 1. The maximum Gasteiger partial charge on any atom is 0.0731 e. The smallest absolute Gasteiger partial charge is 0.0731 e. The number of halogens is 1. The van der Waals surface area contributed by atoms with E-state index in [1.807, 2.05) is 25.3 Å². The fourth-order valence-electron chi connectivity index (χ4n) is 0.619. The minimum atomic E-state index is 0.231. The van der Waals surface area contributed by atoms with E-state index in [4.69, 9.17) is 5.11 Å². The van der Waals surface area contributed by atoms with Crippen molar-refractivity contribution >= 4 is 27.3 Å². The molecule has 0 spiro atoms. The second-order valence-electron chi connectivity index (χ2n) is 1.69. The Hall–Kier alpha value is 0.140. The molecule has 1 nitrogen and oxygen atoms in total. The molecule has 11 heavy (non-hydrogen) atoms. The van der Waals surface area contributed by atoms with E-state index >= 15 is 0 Å². The van der Waals surface area contributed by atoms with Crippen LogP contribution in [0, 0.1) is 0 Å². The van der Waals surface area contributed by atoms with Crippen molar-refractivity contribution in [3.63, 3.8) is 0 Å². The van der Waals surface area contributed by atoms with Gasteiger partial charge in [-0.25, -0.2) is 0 Å². The van der Waals surface area contributed by atoms with Crippen molar-refractivity contribution in [1.29, 1.82) is 0 Å². The highest BCUT2D eigenvalue weighted by Crippen LogP contribution is 2.23. The normalized spacial score (nSPS) is 8.73. The largest absolute Gasteiger partial charge is 0.396 e. The minimum Gasteiger partial charge on any atom is -0.396 e. The Morgan fingerprint density at radius 3 is 2.55 bits per heavy atom. The van der Waals surface area contributed by atoms with Crippen LogP contribution in [0.2, 0.25) is 0 Å². The molecule has 3 heteroatoms. The molecule has 0 aromatic carbocycles. The first-order valence-electron chi connectivity index (χ1n) is 3.67. The van der Waals surface area contributed by atoms with Crippen LogP contribution in [0.25, 0.3) is 0 Å². The molecule has 1 aromatic heterocycles. The highest BCUT2D eigenvalue weighted by atomic mass is 79.9. The van der Waals surface area contributed by atoms with Crippen LogP contribution >= 0.6 is 27.3 Å². The Morgan fingerprint density at radius 2 is 2.18 bits per heavy atom. The maximum absolute atomic E-state index is 8.55. The van der Waals surface area contributed by atoms with Gasteiger partial charge < -0.3 is 5.11 Å². The van der Waals surface area contributed by atoms with E-state index in [9.17, 15) is 0 Å². The van der Waals surface area contributed by atoms with Gasteiger partial charge >= 0.3 is 0 Å². The average Bonchev–Trinajstić information content (AvgIpc) is 2.42. The third kappa shape index (κ3) is 3.89. The van der Waals surface area contributed by atoms with Crippen LogP contribution in [-0.4, -0.2) is 11.7 Å². The lowest BCUT2D eigenvalue weighted by atomic mass is 10.3. The zero-order valence-electron chi connectivity index (χ0n) is 6.80. The summed E-state index contributed by atoms with van der Waals surface area (Å²) in [5, 5.41) is 10.6. The number of aliphatic hydroxyl groups is 1. The second-order valence-corrected chi connectivity index (χ2v) is 3.93. The molecule has 0 aliphatic heterocycles. The predicted molar refractivity (Wildman–Crippen MR) is 54.2 cm³/mol. The summed E-state index contributed by atoms with van der Waals surface area (Å²) in [5.74, 6) is 0. The zero-order valence-corrected chi connectivity index (χ0v) is 9.20. The van der Waals surface area contributed by atoms with Gasteiger partial charge in [0.1, 0.15) is 0 Å². The molecular weight excluding hydrogens is 224 g/mol. The molecule has 64 valence electrons. The van der Waals surface area contributed by atoms with Gasteiger partial charge in [-0.2, -0.15) is 0 Å². The van der Waals surface area contributed by atoms with E-state index < -0.39 is 0 Å². The lowest BCUT2D eigenvalue weighted by molar-refractivity contribution is 0.299. The molecule has 1 aromatic rings. The van der Waals surface area contributed by atoms with Crippen LogP contribution in [0.15, 0.2) is 15.2 Å². The van der Waals surface area contributed by atoms with Gasteiger partial charge in [-0.1, -0.05) is 13.8 Å². The number of hydrogen-bond donors (Lipinski definition) is 1. The molecule has 1 rings (SSSR count). The lowest BCUT2D eigenvalue weighted by Gasteiger charge is -1.90. The van der Waals surface area contributed by atoms with Crippen molar-refractivity contribution in [2.75, 3.05) is 6.61 Å². The monoisotopic (exact) mass is 236 g/mol. The molecule has 1 N–H and O–H groups in total. The molecule has 0 aliphatic rings. The summed E-state index contributed by atoms with van der Waals surface area (Å²) in [6, 6.07) is 2.02. The van der Waals surface area contributed by atoms with E-state index in [2.05, 4.69) is 15.9 Å². The quantitative estimate of drug-likeness (QED) is 0.838. The van der Waals surface area contributed by atoms with Crippen LogP contribution < -0.4 is 0 Å². The zero-order chi connectivity index (χ0) is 8.69. The predicted octanol–water partition coefficient (Wildman–Crippen LogP) is 3.07. The minimum absolute atomic E-state index is 0.231. The summed E-state index contributed by atoms with van der Waals surface area (Å²) in [6.07, 6.45) is 0.754. The first kappa shape index (κ1) is 11.1. The molecule has 0 unspecified atom stereocenters. The van der Waals surface area contributed by atoms with E-state index in [1.54, 1.807) is 11.3 Å². The molecule has 0 amide bonds. The highest BCUT2D eigenvalue weighted by molar-refractivity contribution is 9.11. The SMILES string of the molecule is CC.OCCc1ccsc1Br. The summed E-state index contributed by atoms with van der Waals surface area (Å²) >= 11 is 5.02. The molecule has 0 fully saturated rings. The molecule has 0 atom stereocenters. The molecule has 0 bridgehead atoms. The average molecular weight is 237 g/mol. The first-order chi connectivity index (χ1) is 5.34. The van der Waals surface area contributed by atoms with Crippen molar-refractivity contribution < 1.29 is 5.11 Å². The van der Waals surface area contributed by atoms with Crippen molar-refractivity contribution in [2.24, 2.45) is 0 Å². The molecule has 0 saturated carbocycles. The highest BCUT2D eigenvalue weighted by Gasteiger charge is 1.97. The molecule has 0 saturated heterocycles. The lowest BCUT2D eigenvalue weighted by Crippen LogP contribution is -1.87. The molecule has 0 aliphatic carbocycles. The van der Waals surface area contributed by atoms with Crippen molar-refractivity contribution in [3.8, 4) is 0 Å². The van der Waals surface area contributed by atoms with Crippen molar-refractivity contribution in [2.45, 2.75) is 20.3 Å². The first-order valence-corrected chi connectivity index (χ1v) is 5.34. The molecule has 0 radical (unpaired) electrons. The number of thiophene rings is 1. The standard InChI is InChI=1S/C6H7BrOS.C2H6/c7-6-5(1-3-8)2-4-9-6;1-2/h2,4,8H,1,3H2;1-2H3. The summed E-state index contributed by atoms with van der Waals surface area (Å²) in [7, 11) is 0. The van der Waals surface area contributed by atoms with Gasteiger partial charge in [0.15, 0.2) is 0 Å². The second kappa shape index (κ2) is 6.83. The van der Waals surface area contributed by atoms with Crippen LogP contribution in [-0.2, 0) is 6.42 Å². The number of rotatable bonds is 2. The molecule has 1 heterocycles.